The molecule has 0 spiro atoms. The average molecular weight is 580 g/mol. The Morgan fingerprint density at radius 3 is 2.64 bits per heavy atom. The van der Waals surface area contributed by atoms with E-state index in [1.165, 1.54) is 36.2 Å². The number of amides is 2. The molecule has 0 radical (unpaired) electrons. The van der Waals surface area contributed by atoms with Gasteiger partial charge < -0.3 is 9.47 Å². The Hall–Kier alpha value is -3.35. The lowest BCUT2D eigenvalue weighted by atomic mass is 9.88. The van der Waals surface area contributed by atoms with Crippen LogP contribution in [-0.4, -0.2) is 57.7 Å². The van der Waals surface area contributed by atoms with E-state index in [4.69, 9.17) is 21.1 Å². The summed E-state index contributed by atoms with van der Waals surface area (Å²) in [5, 5.41) is 4.28. The Bertz CT molecular complexity index is 1510. The van der Waals surface area contributed by atoms with Gasteiger partial charge in [-0.3, -0.25) is 19.2 Å². The van der Waals surface area contributed by atoms with E-state index in [1.54, 1.807) is 18.2 Å². The highest BCUT2D eigenvalue weighted by Gasteiger charge is 2.55. The number of aromatic nitrogens is 2. The number of carbonyl (C=O) groups excluding carboxylic acids is 3. The van der Waals surface area contributed by atoms with Gasteiger partial charge in [0.25, 0.3) is 11.1 Å². The summed E-state index contributed by atoms with van der Waals surface area (Å²) in [6.07, 6.45) is -1.25. The zero-order chi connectivity index (χ0) is 27.9. The van der Waals surface area contributed by atoms with Crippen LogP contribution in [0.25, 0.3) is 17.0 Å². The van der Waals surface area contributed by atoms with Crippen LogP contribution >= 0.6 is 23.4 Å². The van der Waals surface area contributed by atoms with Crippen molar-refractivity contribution in [1.29, 1.82) is 0 Å². The number of esters is 1. The van der Waals surface area contributed by atoms with E-state index in [-0.39, 0.29) is 48.1 Å². The van der Waals surface area contributed by atoms with Crippen molar-refractivity contribution in [3.63, 3.8) is 0 Å². The van der Waals surface area contributed by atoms with Gasteiger partial charge in [0, 0.05) is 36.5 Å². The molecule has 204 valence electrons. The van der Waals surface area contributed by atoms with Crippen LogP contribution < -0.4 is 0 Å². The number of rotatable bonds is 5. The van der Waals surface area contributed by atoms with E-state index in [2.05, 4.69) is 5.10 Å². The van der Waals surface area contributed by atoms with Gasteiger partial charge in [0.1, 0.15) is 0 Å². The SMILES string of the molecule is COC(=O)C1(N2C(=O)SC(=Cc3ccc4c(cnn4Cc4ccc(Cl)cc4C(F)(F)F)c3)C2=O)CCOCC1. The number of carbonyl (C=O) groups is 3. The monoisotopic (exact) mass is 579 g/mol. The predicted octanol–water partition coefficient (Wildman–Crippen LogP) is 5.52. The standard InChI is InChI=1S/C26H21ClF3N3O5S/c1-37-23(35)25(6-8-38-9-7-25)33-22(34)21(39-24(33)36)11-15-2-5-20-17(10-15)13-31-32(20)14-16-3-4-18(27)12-19(16)26(28,29)30/h2-5,10-13H,6-9,14H2,1H3. The second kappa shape index (κ2) is 10.3. The van der Waals surface area contributed by atoms with Gasteiger partial charge in [0.15, 0.2) is 5.54 Å². The lowest BCUT2D eigenvalue weighted by Gasteiger charge is -2.39. The maximum atomic E-state index is 13.5. The number of methoxy groups -OCH3 is 1. The number of thioether (sulfide) groups is 1. The van der Waals surface area contributed by atoms with Crippen LogP contribution in [0.3, 0.4) is 0 Å². The molecule has 2 aromatic carbocycles. The first-order valence-electron chi connectivity index (χ1n) is 11.8. The maximum absolute atomic E-state index is 13.5. The van der Waals surface area contributed by atoms with Crippen LogP contribution in [0.2, 0.25) is 5.02 Å². The molecule has 2 amide bonds. The Balaban J connectivity index is 1.43. The van der Waals surface area contributed by atoms with Crippen molar-refractivity contribution in [3.8, 4) is 0 Å². The molecule has 13 heteroatoms. The molecular formula is C26H21ClF3N3O5S. The first kappa shape index (κ1) is 27.2. The summed E-state index contributed by atoms with van der Waals surface area (Å²) in [6, 6.07) is 8.67. The zero-order valence-corrected chi connectivity index (χ0v) is 22.0. The molecule has 2 aliphatic heterocycles. The lowest BCUT2D eigenvalue weighted by Crippen LogP contribution is -2.59. The molecule has 8 nitrogen and oxygen atoms in total. The molecule has 2 fully saturated rings. The molecule has 5 rings (SSSR count). The second-order valence-electron chi connectivity index (χ2n) is 9.07. The van der Waals surface area contributed by atoms with Crippen LogP contribution in [0.4, 0.5) is 18.0 Å². The third-order valence-electron chi connectivity index (χ3n) is 6.77. The number of hydrogen-bond acceptors (Lipinski definition) is 7. The van der Waals surface area contributed by atoms with Crippen LogP contribution in [0.15, 0.2) is 47.5 Å². The number of fused-ring (bicyclic) bond motifs is 1. The van der Waals surface area contributed by atoms with E-state index < -0.39 is 34.4 Å². The topological polar surface area (TPSA) is 90.7 Å². The smallest absolute Gasteiger partial charge is 0.416 e. The number of hydrogen-bond donors (Lipinski definition) is 0. The fourth-order valence-electron chi connectivity index (χ4n) is 4.84. The summed E-state index contributed by atoms with van der Waals surface area (Å²) in [5.41, 5.74) is -1.09. The number of nitrogens with zero attached hydrogens (tertiary/aromatic N) is 3. The fraction of sp³-hybridized carbons (Fsp3) is 0.308. The van der Waals surface area contributed by atoms with Gasteiger partial charge in [-0.15, -0.1) is 0 Å². The normalized spacial score (nSPS) is 18.8. The van der Waals surface area contributed by atoms with Crippen molar-refractivity contribution in [1.82, 2.24) is 14.7 Å². The van der Waals surface area contributed by atoms with Gasteiger partial charge >= 0.3 is 12.1 Å². The lowest BCUT2D eigenvalue weighted by molar-refractivity contribution is -0.162. The first-order valence-corrected chi connectivity index (χ1v) is 13.0. The van der Waals surface area contributed by atoms with Crippen LogP contribution in [0, 0.1) is 0 Å². The highest BCUT2D eigenvalue weighted by Crippen LogP contribution is 2.41. The number of halogens is 4. The quantitative estimate of drug-likeness (QED) is 0.291. The molecule has 2 aliphatic rings. The van der Waals surface area contributed by atoms with E-state index in [9.17, 15) is 27.6 Å². The third kappa shape index (κ3) is 5.04. The number of ether oxygens (including phenoxy) is 2. The maximum Gasteiger partial charge on any atom is 0.416 e. The molecule has 0 aliphatic carbocycles. The third-order valence-corrected chi connectivity index (χ3v) is 7.87. The highest BCUT2D eigenvalue weighted by atomic mass is 35.5. The molecule has 0 saturated carbocycles. The Morgan fingerprint density at radius 2 is 1.95 bits per heavy atom. The summed E-state index contributed by atoms with van der Waals surface area (Å²) in [5.74, 6) is -1.27. The summed E-state index contributed by atoms with van der Waals surface area (Å²) >= 11 is 6.51. The molecule has 3 aromatic rings. The van der Waals surface area contributed by atoms with Gasteiger partial charge in [-0.05, 0) is 53.2 Å². The molecule has 0 atom stereocenters. The molecule has 0 bridgehead atoms. The summed E-state index contributed by atoms with van der Waals surface area (Å²) in [6.45, 7) is 0.279. The first-order chi connectivity index (χ1) is 18.5. The Labute approximate surface area is 229 Å². The zero-order valence-electron chi connectivity index (χ0n) is 20.5. The van der Waals surface area contributed by atoms with Gasteiger partial charge in [-0.2, -0.15) is 18.3 Å². The average Bonchev–Trinajstić information content (AvgIpc) is 3.43. The van der Waals surface area contributed by atoms with Gasteiger partial charge in [-0.1, -0.05) is 23.7 Å². The predicted molar refractivity (Wildman–Crippen MR) is 138 cm³/mol. The van der Waals surface area contributed by atoms with Gasteiger partial charge in [0.2, 0.25) is 0 Å². The van der Waals surface area contributed by atoms with E-state index in [0.717, 1.165) is 22.7 Å². The van der Waals surface area contributed by atoms with Crippen molar-refractivity contribution in [2.24, 2.45) is 0 Å². The number of imide groups is 1. The van der Waals surface area contributed by atoms with Crippen LogP contribution in [-0.2, 0) is 31.8 Å². The second-order valence-corrected chi connectivity index (χ2v) is 10.5. The summed E-state index contributed by atoms with van der Waals surface area (Å²) in [4.78, 5) is 40.0. The minimum Gasteiger partial charge on any atom is -0.467 e. The van der Waals surface area contributed by atoms with E-state index >= 15 is 0 Å². The van der Waals surface area contributed by atoms with Crippen molar-refractivity contribution >= 4 is 57.5 Å². The largest absolute Gasteiger partial charge is 0.467 e. The van der Waals surface area contributed by atoms with E-state index in [0.29, 0.717) is 16.5 Å². The molecule has 0 unspecified atom stereocenters. The molecule has 3 heterocycles. The molecule has 2 saturated heterocycles. The number of benzene rings is 2. The molecular weight excluding hydrogens is 559 g/mol. The van der Waals surface area contributed by atoms with Crippen molar-refractivity contribution in [2.45, 2.75) is 31.1 Å². The van der Waals surface area contributed by atoms with Crippen LogP contribution in [0.1, 0.15) is 29.5 Å². The fourth-order valence-corrected chi connectivity index (χ4v) is 5.92. The molecule has 39 heavy (non-hydrogen) atoms. The van der Waals surface area contributed by atoms with Gasteiger partial charge in [0.05, 0.1) is 35.8 Å². The minimum atomic E-state index is -4.57. The Morgan fingerprint density at radius 1 is 1.21 bits per heavy atom. The summed E-state index contributed by atoms with van der Waals surface area (Å²) in [7, 11) is 1.21. The van der Waals surface area contributed by atoms with Crippen molar-refractivity contribution < 1.29 is 37.0 Å². The van der Waals surface area contributed by atoms with Gasteiger partial charge in [-0.25, -0.2) is 4.79 Å². The van der Waals surface area contributed by atoms with Crippen molar-refractivity contribution in [3.05, 3.63) is 69.2 Å². The Kier molecular flexibility index (Phi) is 7.21. The van der Waals surface area contributed by atoms with E-state index in [1.807, 2.05) is 0 Å². The summed E-state index contributed by atoms with van der Waals surface area (Å²) < 4.78 is 52.3. The van der Waals surface area contributed by atoms with Crippen LogP contribution in [0.5, 0.6) is 0 Å². The molecule has 1 aromatic heterocycles. The van der Waals surface area contributed by atoms with Crippen molar-refractivity contribution in [2.75, 3.05) is 20.3 Å². The molecule has 0 N–H and O–H groups in total. The number of alkyl halides is 3. The highest BCUT2D eigenvalue weighted by molar-refractivity contribution is 8.18. The minimum absolute atomic E-state index is 0.0141.